The molecular formula is C18H23N5O2. The van der Waals surface area contributed by atoms with Crippen molar-refractivity contribution in [2.75, 3.05) is 33.7 Å². The number of hydrogen-bond acceptors (Lipinski definition) is 4. The lowest BCUT2D eigenvalue weighted by Gasteiger charge is -2.35. The summed E-state index contributed by atoms with van der Waals surface area (Å²) in [5.74, 6) is -0.315. The van der Waals surface area contributed by atoms with Gasteiger partial charge in [0.1, 0.15) is 11.7 Å². The predicted molar refractivity (Wildman–Crippen MR) is 94.0 cm³/mol. The first kappa shape index (κ1) is 17.2. The van der Waals surface area contributed by atoms with Gasteiger partial charge in [-0.25, -0.2) is 0 Å². The van der Waals surface area contributed by atoms with Crippen LogP contribution in [0.2, 0.25) is 0 Å². The van der Waals surface area contributed by atoms with Crippen LogP contribution in [0.1, 0.15) is 22.1 Å². The zero-order valence-corrected chi connectivity index (χ0v) is 14.6. The fourth-order valence-electron chi connectivity index (χ4n) is 2.99. The summed E-state index contributed by atoms with van der Waals surface area (Å²) in [7, 11) is 3.96. The highest BCUT2D eigenvalue weighted by Gasteiger charge is 2.35. The lowest BCUT2D eigenvalue weighted by molar-refractivity contribution is -0.128. The van der Waals surface area contributed by atoms with E-state index in [0.29, 0.717) is 25.3 Å². The Labute approximate surface area is 147 Å². The van der Waals surface area contributed by atoms with Crippen molar-refractivity contribution < 1.29 is 9.59 Å². The van der Waals surface area contributed by atoms with Crippen molar-refractivity contribution in [3.63, 3.8) is 0 Å². The Morgan fingerprint density at radius 1 is 1.28 bits per heavy atom. The normalized spacial score (nSPS) is 17.6. The topological polar surface area (TPSA) is 70.5 Å². The van der Waals surface area contributed by atoms with Crippen LogP contribution in [0.15, 0.2) is 42.6 Å². The van der Waals surface area contributed by atoms with E-state index < -0.39 is 6.04 Å². The molecule has 1 aromatic carbocycles. The summed E-state index contributed by atoms with van der Waals surface area (Å²) in [6.07, 6.45) is 1.63. The van der Waals surface area contributed by atoms with E-state index in [9.17, 15) is 9.59 Å². The Morgan fingerprint density at radius 3 is 2.76 bits per heavy atom. The second-order valence-corrected chi connectivity index (χ2v) is 6.35. The van der Waals surface area contributed by atoms with Crippen molar-refractivity contribution in [1.29, 1.82) is 0 Å². The number of nitrogens with zero attached hydrogens (tertiary/aromatic N) is 4. The molecule has 0 aliphatic carbocycles. The lowest BCUT2D eigenvalue weighted by atomic mass is 10.0. The van der Waals surface area contributed by atoms with Gasteiger partial charge < -0.3 is 15.1 Å². The van der Waals surface area contributed by atoms with Gasteiger partial charge in [-0.3, -0.25) is 14.3 Å². The van der Waals surface area contributed by atoms with E-state index in [2.05, 4.69) is 10.4 Å². The molecule has 2 amide bonds. The number of likely N-dealkylation sites (N-methyl/N-ethyl adjacent to an activating group) is 1. The molecule has 1 aliphatic heterocycles. The molecule has 1 aliphatic rings. The Hall–Kier alpha value is -2.67. The average molecular weight is 341 g/mol. The highest BCUT2D eigenvalue weighted by Crippen LogP contribution is 2.25. The average Bonchev–Trinajstić information content (AvgIpc) is 3.08. The molecule has 2 aromatic rings. The largest absolute Gasteiger partial charge is 0.352 e. The first-order chi connectivity index (χ1) is 12.1. The highest BCUT2D eigenvalue weighted by molar-refractivity contribution is 5.97. The Balaban J connectivity index is 1.87. The van der Waals surface area contributed by atoms with Gasteiger partial charge in [-0.05, 0) is 25.7 Å². The third-order valence-electron chi connectivity index (χ3n) is 4.28. The fourth-order valence-corrected chi connectivity index (χ4v) is 2.99. The maximum absolute atomic E-state index is 13.1. The van der Waals surface area contributed by atoms with Crippen LogP contribution >= 0.6 is 0 Å². The summed E-state index contributed by atoms with van der Waals surface area (Å²) >= 11 is 0. The van der Waals surface area contributed by atoms with Gasteiger partial charge in [-0.1, -0.05) is 30.3 Å². The number of rotatable bonds is 5. The van der Waals surface area contributed by atoms with Crippen LogP contribution in [0.3, 0.4) is 0 Å². The van der Waals surface area contributed by atoms with Crippen LogP contribution in [-0.2, 0) is 11.3 Å². The van der Waals surface area contributed by atoms with E-state index in [1.54, 1.807) is 21.8 Å². The van der Waals surface area contributed by atoms with Crippen LogP contribution in [0, 0.1) is 0 Å². The second-order valence-electron chi connectivity index (χ2n) is 6.35. The highest BCUT2D eigenvalue weighted by atomic mass is 16.2. The molecule has 0 bridgehead atoms. The standard InChI is InChI=1S/C18H23N5O2/c1-21(2)12-13-23-15(8-9-20-23)18(25)22-11-10-19-17(24)16(22)14-6-4-3-5-7-14/h3-9,16H,10-13H2,1-2H3,(H,19,24). The molecule has 3 rings (SSSR count). The van der Waals surface area contributed by atoms with E-state index >= 15 is 0 Å². The Morgan fingerprint density at radius 2 is 2.04 bits per heavy atom. The maximum atomic E-state index is 13.1. The number of piperazine rings is 1. The van der Waals surface area contributed by atoms with Crippen molar-refractivity contribution >= 4 is 11.8 Å². The monoisotopic (exact) mass is 341 g/mol. The minimum Gasteiger partial charge on any atom is -0.352 e. The number of hydrogen-bond donors (Lipinski definition) is 1. The van der Waals surface area contributed by atoms with Gasteiger partial charge >= 0.3 is 0 Å². The summed E-state index contributed by atoms with van der Waals surface area (Å²) in [5.41, 5.74) is 1.32. The van der Waals surface area contributed by atoms with Crippen molar-refractivity contribution in [2.24, 2.45) is 0 Å². The van der Waals surface area contributed by atoms with E-state index in [-0.39, 0.29) is 11.8 Å². The number of benzene rings is 1. The zero-order chi connectivity index (χ0) is 17.8. The van der Waals surface area contributed by atoms with Crippen molar-refractivity contribution in [3.8, 4) is 0 Å². The van der Waals surface area contributed by atoms with Crippen LogP contribution in [0.4, 0.5) is 0 Å². The molecule has 7 nitrogen and oxygen atoms in total. The molecule has 0 spiro atoms. The van der Waals surface area contributed by atoms with Gasteiger partial charge in [0.25, 0.3) is 5.91 Å². The van der Waals surface area contributed by atoms with Gasteiger partial charge in [-0.15, -0.1) is 0 Å². The summed E-state index contributed by atoms with van der Waals surface area (Å²) < 4.78 is 1.71. The van der Waals surface area contributed by atoms with Crippen LogP contribution in [0.25, 0.3) is 0 Å². The number of amides is 2. The summed E-state index contributed by atoms with van der Waals surface area (Å²) in [5, 5.41) is 7.12. The molecule has 132 valence electrons. The van der Waals surface area contributed by atoms with Gasteiger partial charge in [0.05, 0.1) is 6.54 Å². The molecule has 1 aromatic heterocycles. The Bertz CT molecular complexity index is 741. The molecule has 1 fully saturated rings. The molecule has 1 atom stereocenters. The van der Waals surface area contributed by atoms with E-state index in [1.165, 1.54) is 0 Å². The van der Waals surface area contributed by atoms with Gasteiger partial charge in [-0.2, -0.15) is 5.10 Å². The smallest absolute Gasteiger partial charge is 0.273 e. The van der Waals surface area contributed by atoms with Crippen molar-refractivity contribution in [3.05, 3.63) is 53.9 Å². The second kappa shape index (κ2) is 7.48. The third-order valence-corrected chi connectivity index (χ3v) is 4.28. The SMILES string of the molecule is CN(C)CCn1nccc1C(=O)N1CCNC(=O)C1c1ccccc1. The van der Waals surface area contributed by atoms with E-state index in [0.717, 1.165) is 12.1 Å². The number of carbonyl (C=O) groups is 2. The summed E-state index contributed by atoms with van der Waals surface area (Å²) in [6.45, 7) is 2.34. The molecular weight excluding hydrogens is 318 g/mol. The van der Waals surface area contributed by atoms with Crippen LogP contribution in [0.5, 0.6) is 0 Å². The van der Waals surface area contributed by atoms with E-state index in [1.807, 2.05) is 49.3 Å². The van der Waals surface area contributed by atoms with Gasteiger partial charge in [0.15, 0.2) is 0 Å². The predicted octanol–water partition coefficient (Wildman–Crippen LogP) is 0.758. The summed E-state index contributed by atoms with van der Waals surface area (Å²) in [4.78, 5) is 29.2. The quantitative estimate of drug-likeness (QED) is 0.872. The molecule has 0 saturated carbocycles. The molecule has 0 radical (unpaired) electrons. The molecule has 1 saturated heterocycles. The van der Waals surface area contributed by atoms with Gasteiger partial charge in [0, 0.05) is 25.8 Å². The number of carbonyl (C=O) groups excluding carboxylic acids is 2. The van der Waals surface area contributed by atoms with Gasteiger partial charge in [0.2, 0.25) is 5.91 Å². The van der Waals surface area contributed by atoms with E-state index in [4.69, 9.17) is 0 Å². The fraction of sp³-hybridized carbons (Fsp3) is 0.389. The molecule has 1 N–H and O–H groups in total. The first-order valence-corrected chi connectivity index (χ1v) is 8.38. The molecule has 25 heavy (non-hydrogen) atoms. The molecule has 1 unspecified atom stereocenters. The van der Waals surface area contributed by atoms with Crippen molar-refractivity contribution in [2.45, 2.75) is 12.6 Å². The van der Waals surface area contributed by atoms with Crippen molar-refractivity contribution in [1.82, 2.24) is 24.9 Å². The van der Waals surface area contributed by atoms with Crippen LogP contribution < -0.4 is 5.32 Å². The van der Waals surface area contributed by atoms with Crippen LogP contribution in [-0.4, -0.2) is 65.1 Å². The minimum absolute atomic E-state index is 0.148. The molecule has 2 heterocycles. The first-order valence-electron chi connectivity index (χ1n) is 8.38. The minimum atomic E-state index is -0.611. The Kier molecular flexibility index (Phi) is 5.14. The molecule has 7 heteroatoms. The zero-order valence-electron chi connectivity index (χ0n) is 14.6. The summed E-state index contributed by atoms with van der Waals surface area (Å²) in [6, 6.07) is 10.5. The number of nitrogens with one attached hydrogen (secondary N) is 1. The number of aromatic nitrogens is 2. The maximum Gasteiger partial charge on any atom is 0.273 e. The lowest BCUT2D eigenvalue weighted by Crippen LogP contribution is -2.52. The third kappa shape index (κ3) is 3.71.